The fraction of sp³-hybridized carbons (Fsp3) is 0.571. The van der Waals surface area contributed by atoms with Crippen LogP contribution in [0.3, 0.4) is 0 Å². The molecule has 0 atom stereocenters. The van der Waals surface area contributed by atoms with Gasteiger partial charge in [-0.25, -0.2) is 4.79 Å². The second kappa shape index (κ2) is 4.06. The third-order valence-electron chi connectivity index (χ3n) is 0.573. The predicted octanol–water partition coefficient (Wildman–Crippen LogP) is 0.689. The maximum Gasteiger partial charge on any atom is 0.330 e. The molecule has 0 heterocycles. The highest BCUT2D eigenvalue weighted by atomic mass is 16.6. The molecule has 0 saturated carbocycles. The first kappa shape index (κ1) is 11.9. The number of rotatable bonds is 1. The van der Waals surface area contributed by atoms with Crippen LogP contribution >= 0.6 is 0 Å². The predicted molar refractivity (Wildman–Crippen MR) is 39.7 cm³/mol. The van der Waals surface area contributed by atoms with Gasteiger partial charge in [-0.15, -0.1) is 0 Å². The summed E-state index contributed by atoms with van der Waals surface area (Å²) >= 11 is 0. The molecule has 0 aliphatic heterocycles. The number of hydrogen-bond donors (Lipinski definition) is 0. The normalized spacial score (nSPS) is 9.50. The molecular weight excluding hydrogens is 132 g/mol. The first-order valence-corrected chi connectivity index (χ1v) is 2.81. The van der Waals surface area contributed by atoms with E-state index in [4.69, 9.17) is 4.74 Å². The van der Waals surface area contributed by atoms with Crippen molar-refractivity contribution < 1.29 is 15.0 Å². The van der Waals surface area contributed by atoms with Crippen molar-refractivity contribution in [3.05, 3.63) is 12.7 Å². The van der Waals surface area contributed by atoms with Gasteiger partial charge >= 0.3 is 5.97 Å². The molecule has 0 aromatic rings. The monoisotopic (exact) mass is 146 g/mol. The zero-order valence-corrected chi connectivity index (χ0v) is 6.60. The Morgan fingerprint density at radius 1 is 1.50 bits per heavy atom. The van der Waals surface area contributed by atoms with Gasteiger partial charge in [0.2, 0.25) is 0 Å². The fourth-order valence-corrected chi connectivity index (χ4v) is 0.343. The standard InChI is InChI=1S/C7H12O2.H2O/c1-5-6(8)9-7(2,3)4;/h5H,1H2,2-4H3;1H2. The lowest BCUT2D eigenvalue weighted by Crippen LogP contribution is -2.22. The van der Waals surface area contributed by atoms with Crippen LogP contribution in [0.1, 0.15) is 20.8 Å². The van der Waals surface area contributed by atoms with Gasteiger partial charge in [-0.2, -0.15) is 0 Å². The van der Waals surface area contributed by atoms with E-state index < -0.39 is 5.60 Å². The number of carbonyl (C=O) groups is 1. The lowest BCUT2D eigenvalue weighted by atomic mass is 10.2. The summed E-state index contributed by atoms with van der Waals surface area (Å²) in [6, 6.07) is 0. The number of hydrogen-bond acceptors (Lipinski definition) is 2. The van der Waals surface area contributed by atoms with E-state index >= 15 is 0 Å². The van der Waals surface area contributed by atoms with Crippen molar-refractivity contribution in [2.24, 2.45) is 0 Å². The molecule has 2 N–H and O–H groups in total. The molecule has 0 spiro atoms. The first-order valence-electron chi connectivity index (χ1n) is 2.81. The quantitative estimate of drug-likeness (QED) is 0.403. The molecule has 10 heavy (non-hydrogen) atoms. The van der Waals surface area contributed by atoms with E-state index in [-0.39, 0.29) is 11.4 Å². The van der Waals surface area contributed by atoms with Gasteiger partial charge in [0, 0.05) is 6.08 Å². The maximum atomic E-state index is 10.5. The van der Waals surface area contributed by atoms with Crippen molar-refractivity contribution in [1.29, 1.82) is 0 Å². The van der Waals surface area contributed by atoms with E-state index in [1.165, 1.54) is 0 Å². The highest BCUT2D eigenvalue weighted by molar-refractivity contribution is 5.81. The molecule has 3 heteroatoms. The van der Waals surface area contributed by atoms with Crippen LogP contribution in [0.15, 0.2) is 12.7 Å². The summed E-state index contributed by atoms with van der Waals surface area (Å²) < 4.78 is 4.83. The fourth-order valence-electron chi connectivity index (χ4n) is 0.343. The van der Waals surface area contributed by atoms with Crippen LogP contribution in [-0.4, -0.2) is 17.0 Å². The van der Waals surface area contributed by atoms with Crippen molar-refractivity contribution in [1.82, 2.24) is 0 Å². The summed E-state index contributed by atoms with van der Waals surface area (Å²) in [6.45, 7) is 8.71. The second-order valence-electron chi connectivity index (χ2n) is 2.74. The van der Waals surface area contributed by atoms with E-state index in [2.05, 4.69) is 6.58 Å². The van der Waals surface area contributed by atoms with Gasteiger partial charge in [-0.05, 0) is 20.8 Å². The molecule has 0 unspecified atom stereocenters. The molecule has 0 amide bonds. The third-order valence-corrected chi connectivity index (χ3v) is 0.573. The van der Waals surface area contributed by atoms with E-state index in [0.29, 0.717) is 0 Å². The van der Waals surface area contributed by atoms with Crippen LogP contribution in [0.2, 0.25) is 0 Å². The topological polar surface area (TPSA) is 57.8 Å². The maximum absolute atomic E-state index is 10.5. The SMILES string of the molecule is C=CC(=O)OC(C)(C)C.O. The highest BCUT2D eigenvalue weighted by Crippen LogP contribution is 2.06. The van der Waals surface area contributed by atoms with Crippen LogP contribution in [0, 0.1) is 0 Å². The van der Waals surface area contributed by atoms with Gasteiger partial charge < -0.3 is 10.2 Å². The van der Waals surface area contributed by atoms with Gasteiger partial charge in [0.05, 0.1) is 0 Å². The smallest absolute Gasteiger partial charge is 0.330 e. The highest BCUT2D eigenvalue weighted by Gasteiger charge is 2.12. The average Bonchev–Trinajstić information content (AvgIpc) is 1.62. The molecule has 0 aromatic heterocycles. The number of esters is 1. The first-order chi connectivity index (χ1) is 3.95. The van der Waals surface area contributed by atoms with E-state index in [1.54, 1.807) is 0 Å². The Hall–Kier alpha value is -0.830. The third kappa shape index (κ3) is 7.17. The van der Waals surface area contributed by atoms with E-state index in [9.17, 15) is 4.79 Å². The van der Waals surface area contributed by atoms with Crippen molar-refractivity contribution >= 4 is 5.97 Å². The molecule has 0 aliphatic rings. The largest absolute Gasteiger partial charge is 0.457 e. The van der Waals surface area contributed by atoms with Gasteiger partial charge in [0.25, 0.3) is 0 Å². The van der Waals surface area contributed by atoms with Crippen LogP contribution in [0.4, 0.5) is 0 Å². The van der Waals surface area contributed by atoms with E-state index in [1.807, 2.05) is 20.8 Å². The summed E-state index contributed by atoms with van der Waals surface area (Å²) in [5.74, 6) is -0.373. The zero-order chi connectivity index (χ0) is 7.49. The summed E-state index contributed by atoms with van der Waals surface area (Å²) in [7, 11) is 0. The Labute approximate surface area is 61.0 Å². The summed E-state index contributed by atoms with van der Waals surface area (Å²) in [6.07, 6.45) is 1.16. The van der Waals surface area contributed by atoms with Crippen LogP contribution in [-0.2, 0) is 9.53 Å². The molecule has 0 aliphatic carbocycles. The van der Waals surface area contributed by atoms with E-state index in [0.717, 1.165) is 6.08 Å². The van der Waals surface area contributed by atoms with Crippen molar-refractivity contribution in [3.63, 3.8) is 0 Å². The second-order valence-corrected chi connectivity index (χ2v) is 2.74. The zero-order valence-electron chi connectivity index (χ0n) is 6.60. The van der Waals surface area contributed by atoms with Crippen LogP contribution in [0.25, 0.3) is 0 Å². The summed E-state index contributed by atoms with van der Waals surface area (Å²) in [4.78, 5) is 10.5. The molecule has 3 nitrogen and oxygen atoms in total. The average molecular weight is 146 g/mol. The summed E-state index contributed by atoms with van der Waals surface area (Å²) in [5.41, 5.74) is -0.398. The molecule has 0 rings (SSSR count). The Bertz CT molecular complexity index is 121. The van der Waals surface area contributed by atoms with Gasteiger partial charge in [0.15, 0.2) is 0 Å². The molecule has 0 fully saturated rings. The van der Waals surface area contributed by atoms with Crippen molar-refractivity contribution in [2.75, 3.05) is 0 Å². The molecular formula is C7H14O3. The molecule has 0 saturated heterocycles. The Balaban J connectivity index is 0. The van der Waals surface area contributed by atoms with Crippen molar-refractivity contribution in [3.8, 4) is 0 Å². The number of carbonyl (C=O) groups excluding carboxylic acids is 1. The minimum atomic E-state index is -0.398. The molecule has 0 bridgehead atoms. The van der Waals surface area contributed by atoms with Gasteiger partial charge in [-0.3, -0.25) is 0 Å². The Kier molecular flexibility index (Phi) is 4.83. The summed E-state index contributed by atoms with van der Waals surface area (Å²) in [5, 5.41) is 0. The minimum Gasteiger partial charge on any atom is -0.457 e. The van der Waals surface area contributed by atoms with Crippen molar-refractivity contribution in [2.45, 2.75) is 26.4 Å². The van der Waals surface area contributed by atoms with Gasteiger partial charge in [-0.1, -0.05) is 6.58 Å². The Morgan fingerprint density at radius 3 is 2.00 bits per heavy atom. The Morgan fingerprint density at radius 2 is 1.90 bits per heavy atom. The van der Waals surface area contributed by atoms with Crippen LogP contribution in [0.5, 0.6) is 0 Å². The number of ether oxygens (including phenoxy) is 1. The lowest BCUT2D eigenvalue weighted by Gasteiger charge is -2.17. The minimum absolute atomic E-state index is 0. The molecule has 0 aromatic carbocycles. The molecule has 0 radical (unpaired) electrons. The van der Waals surface area contributed by atoms with Crippen LogP contribution < -0.4 is 0 Å². The lowest BCUT2D eigenvalue weighted by molar-refractivity contribution is -0.148. The molecule has 60 valence electrons. The van der Waals surface area contributed by atoms with Gasteiger partial charge in [0.1, 0.15) is 5.60 Å².